The van der Waals surface area contributed by atoms with E-state index in [1.54, 1.807) is 7.11 Å². The zero-order valence-electron chi connectivity index (χ0n) is 13.0. The Morgan fingerprint density at radius 3 is 2.43 bits per heavy atom. The number of nitrogens with zero attached hydrogens (tertiary/aromatic N) is 2. The van der Waals surface area contributed by atoms with Gasteiger partial charge in [0.05, 0.1) is 13.7 Å². The molecule has 2 rings (SSSR count). The lowest BCUT2D eigenvalue weighted by atomic mass is 10.1. The number of aliphatic imine (C=N–C) groups is 1. The first-order valence-corrected chi connectivity index (χ1v) is 7.29. The van der Waals surface area contributed by atoms with Crippen molar-refractivity contribution in [3.05, 3.63) is 42.0 Å². The van der Waals surface area contributed by atoms with E-state index in [0.29, 0.717) is 12.5 Å². The van der Waals surface area contributed by atoms with Gasteiger partial charge in [-0.2, -0.15) is 0 Å². The number of methoxy groups -OCH3 is 1. The molecule has 0 aliphatic heterocycles. The van der Waals surface area contributed by atoms with Gasteiger partial charge >= 0.3 is 0 Å². The van der Waals surface area contributed by atoms with Gasteiger partial charge in [0.15, 0.2) is 5.96 Å². The Labute approximate surface area is 126 Å². The van der Waals surface area contributed by atoms with Crippen LogP contribution in [0.15, 0.2) is 41.4 Å². The Morgan fingerprint density at radius 2 is 1.76 bits per heavy atom. The minimum absolute atomic E-state index is 0.601. The molecule has 0 saturated heterocycles. The lowest BCUT2D eigenvalue weighted by molar-refractivity contribution is 0.415. The first-order valence-electron chi connectivity index (χ1n) is 7.29. The molecule has 0 fully saturated rings. The molecule has 2 aromatic rings. The van der Waals surface area contributed by atoms with Gasteiger partial charge in [0.1, 0.15) is 5.75 Å². The van der Waals surface area contributed by atoms with Crippen molar-refractivity contribution >= 4 is 16.7 Å². The highest BCUT2D eigenvalue weighted by molar-refractivity contribution is 5.84. The van der Waals surface area contributed by atoms with Crippen molar-refractivity contribution in [1.82, 2.24) is 4.90 Å². The maximum atomic E-state index is 6.00. The van der Waals surface area contributed by atoms with E-state index < -0.39 is 0 Å². The highest BCUT2D eigenvalue weighted by Gasteiger charge is 2.02. The maximum Gasteiger partial charge on any atom is 0.191 e. The van der Waals surface area contributed by atoms with E-state index in [1.165, 1.54) is 10.8 Å². The summed E-state index contributed by atoms with van der Waals surface area (Å²) in [6.45, 7) is 6.52. The summed E-state index contributed by atoms with van der Waals surface area (Å²) in [5, 5.41) is 2.35. The SMILES string of the molecule is CCN(CC)C(N)=NCc1ccc2cc(OC)ccc2c1. The molecule has 21 heavy (non-hydrogen) atoms. The summed E-state index contributed by atoms with van der Waals surface area (Å²) < 4.78 is 5.24. The molecule has 0 atom stereocenters. The van der Waals surface area contributed by atoms with Crippen LogP contribution in [0.2, 0.25) is 0 Å². The Morgan fingerprint density at radius 1 is 1.10 bits per heavy atom. The molecular weight excluding hydrogens is 262 g/mol. The maximum absolute atomic E-state index is 6.00. The summed E-state index contributed by atoms with van der Waals surface area (Å²) in [5.74, 6) is 1.48. The monoisotopic (exact) mass is 285 g/mol. The summed E-state index contributed by atoms with van der Waals surface area (Å²) in [6.07, 6.45) is 0. The van der Waals surface area contributed by atoms with E-state index >= 15 is 0 Å². The fourth-order valence-electron chi connectivity index (χ4n) is 2.32. The van der Waals surface area contributed by atoms with Gasteiger partial charge in [0, 0.05) is 13.1 Å². The first kappa shape index (κ1) is 15.2. The third-order valence-electron chi connectivity index (χ3n) is 3.62. The molecule has 0 spiro atoms. The Bertz CT molecular complexity index is 633. The predicted molar refractivity (Wildman–Crippen MR) is 88.7 cm³/mol. The molecule has 0 aromatic heterocycles. The van der Waals surface area contributed by atoms with Crippen LogP contribution in [-0.2, 0) is 6.54 Å². The van der Waals surface area contributed by atoms with E-state index in [1.807, 2.05) is 17.0 Å². The number of fused-ring (bicyclic) bond motifs is 1. The van der Waals surface area contributed by atoms with E-state index in [9.17, 15) is 0 Å². The average molecular weight is 285 g/mol. The molecule has 112 valence electrons. The van der Waals surface area contributed by atoms with E-state index in [4.69, 9.17) is 10.5 Å². The zero-order chi connectivity index (χ0) is 15.2. The van der Waals surface area contributed by atoms with Gasteiger partial charge in [-0.1, -0.05) is 18.2 Å². The lowest BCUT2D eigenvalue weighted by Crippen LogP contribution is -2.37. The van der Waals surface area contributed by atoms with Gasteiger partial charge in [-0.25, -0.2) is 4.99 Å². The molecular formula is C17H23N3O. The van der Waals surface area contributed by atoms with Gasteiger partial charge in [0.25, 0.3) is 0 Å². The average Bonchev–Trinajstić information content (AvgIpc) is 2.53. The van der Waals surface area contributed by atoms with Crippen molar-refractivity contribution < 1.29 is 4.74 Å². The van der Waals surface area contributed by atoms with Crippen LogP contribution < -0.4 is 10.5 Å². The van der Waals surface area contributed by atoms with E-state index in [-0.39, 0.29) is 0 Å². The highest BCUT2D eigenvalue weighted by atomic mass is 16.5. The van der Waals surface area contributed by atoms with E-state index in [2.05, 4.69) is 43.1 Å². The smallest absolute Gasteiger partial charge is 0.191 e. The molecule has 0 saturated carbocycles. The number of rotatable bonds is 5. The third kappa shape index (κ3) is 3.66. The fraction of sp³-hybridized carbons (Fsp3) is 0.353. The fourth-order valence-corrected chi connectivity index (χ4v) is 2.32. The first-order chi connectivity index (χ1) is 10.2. The molecule has 0 aliphatic rings. The number of benzene rings is 2. The second kappa shape index (κ2) is 6.97. The molecule has 0 radical (unpaired) electrons. The van der Waals surface area contributed by atoms with Crippen molar-refractivity contribution in [3.8, 4) is 5.75 Å². The Hall–Kier alpha value is -2.23. The van der Waals surface area contributed by atoms with Gasteiger partial charge in [0.2, 0.25) is 0 Å². The molecule has 4 nitrogen and oxygen atoms in total. The molecule has 0 bridgehead atoms. The van der Waals surface area contributed by atoms with Crippen molar-refractivity contribution in [3.63, 3.8) is 0 Å². The Balaban J connectivity index is 2.18. The van der Waals surface area contributed by atoms with Gasteiger partial charge in [-0.05, 0) is 48.4 Å². The number of hydrogen-bond acceptors (Lipinski definition) is 2. The second-order valence-corrected chi connectivity index (χ2v) is 4.89. The standard InChI is InChI=1S/C17H23N3O/c1-4-20(5-2)17(18)19-12-13-6-7-15-11-16(21-3)9-8-14(15)10-13/h6-11H,4-5,12H2,1-3H3,(H2,18,19). The van der Waals surface area contributed by atoms with Crippen LogP contribution in [0.1, 0.15) is 19.4 Å². The van der Waals surface area contributed by atoms with Crippen molar-refractivity contribution in [2.45, 2.75) is 20.4 Å². The van der Waals surface area contributed by atoms with Crippen LogP contribution in [0.4, 0.5) is 0 Å². The molecule has 0 aliphatic carbocycles. The zero-order valence-corrected chi connectivity index (χ0v) is 13.0. The van der Waals surface area contributed by atoms with Crippen molar-refractivity contribution in [2.24, 2.45) is 10.7 Å². The number of nitrogens with two attached hydrogens (primary N) is 1. The summed E-state index contributed by atoms with van der Waals surface area (Å²) in [7, 11) is 1.68. The van der Waals surface area contributed by atoms with Crippen LogP contribution in [0.3, 0.4) is 0 Å². The molecule has 0 unspecified atom stereocenters. The molecule has 0 amide bonds. The normalized spacial score (nSPS) is 11.7. The van der Waals surface area contributed by atoms with Crippen LogP contribution >= 0.6 is 0 Å². The minimum Gasteiger partial charge on any atom is -0.497 e. The predicted octanol–water partition coefficient (Wildman–Crippen LogP) is 3.00. The van der Waals surface area contributed by atoms with E-state index in [0.717, 1.165) is 24.4 Å². The number of hydrogen-bond donors (Lipinski definition) is 1. The summed E-state index contributed by atoms with van der Waals surface area (Å²) in [4.78, 5) is 6.52. The van der Waals surface area contributed by atoms with Crippen LogP contribution in [0, 0.1) is 0 Å². The van der Waals surface area contributed by atoms with Gasteiger partial charge in [-0.3, -0.25) is 0 Å². The molecule has 2 N–H and O–H groups in total. The van der Waals surface area contributed by atoms with Crippen molar-refractivity contribution in [1.29, 1.82) is 0 Å². The number of ether oxygens (including phenoxy) is 1. The number of guanidine groups is 1. The van der Waals surface area contributed by atoms with Gasteiger partial charge in [-0.15, -0.1) is 0 Å². The Kier molecular flexibility index (Phi) is 5.04. The molecule has 0 heterocycles. The molecule has 4 heteroatoms. The summed E-state index contributed by atoms with van der Waals surface area (Å²) >= 11 is 0. The van der Waals surface area contributed by atoms with Crippen LogP contribution in [-0.4, -0.2) is 31.1 Å². The second-order valence-electron chi connectivity index (χ2n) is 4.89. The third-order valence-corrected chi connectivity index (χ3v) is 3.62. The van der Waals surface area contributed by atoms with Crippen LogP contribution in [0.25, 0.3) is 10.8 Å². The minimum atomic E-state index is 0.601. The lowest BCUT2D eigenvalue weighted by Gasteiger charge is -2.19. The van der Waals surface area contributed by atoms with Crippen molar-refractivity contribution in [2.75, 3.05) is 20.2 Å². The van der Waals surface area contributed by atoms with Crippen LogP contribution in [0.5, 0.6) is 5.75 Å². The summed E-state index contributed by atoms with van der Waals surface area (Å²) in [5.41, 5.74) is 7.15. The van der Waals surface area contributed by atoms with Gasteiger partial charge < -0.3 is 15.4 Å². The largest absolute Gasteiger partial charge is 0.497 e. The summed E-state index contributed by atoms with van der Waals surface area (Å²) in [6, 6.07) is 12.4. The topological polar surface area (TPSA) is 50.8 Å². The highest BCUT2D eigenvalue weighted by Crippen LogP contribution is 2.22. The quantitative estimate of drug-likeness (QED) is 0.678. The molecule has 2 aromatic carbocycles.